The van der Waals surface area contributed by atoms with Gasteiger partial charge in [-0.1, -0.05) is 76.9 Å². The lowest BCUT2D eigenvalue weighted by atomic mass is 10.1. The van der Waals surface area contributed by atoms with Gasteiger partial charge in [0.05, 0.1) is 59.5 Å². The molecule has 3 N–H and O–H groups in total. The minimum atomic E-state index is -0.730. The van der Waals surface area contributed by atoms with Crippen LogP contribution in [0.3, 0.4) is 0 Å². The number of allylic oxidation sites excluding steroid dienone is 1. The summed E-state index contributed by atoms with van der Waals surface area (Å²) in [5.74, 6) is -0.848. The van der Waals surface area contributed by atoms with E-state index in [2.05, 4.69) is 13.0 Å². The van der Waals surface area contributed by atoms with Crippen LogP contribution in [-0.4, -0.2) is 109 Å². The second-order valence-electron chi connectivity index (χ2n) is 11.7. The van der Waals surface area contributed by atoms with E-state index in [0.29, 0.717) is 92.2 Å². The molecule has 1 unspecified atom stereocenters. The molecule has 0 spiro atoms. The van der Waals surface area contributed by atoms with Crippen molar-refractivity contribution in [2.45, 2.75) is 122 Å². The fourth-order valence-electron chi connectivity index (χ4n) is 4.57. The van der Waals surface area contributed by atoms with E-state index in [1.807, 2.05) is 6.08 Å². The van der Waals surface area contributed by atoms with Gasteiger partial charge in [0.15, 0.2) is 0 Å². The molecule has 0 rings (SSSR count). The minimum absolute atomic E-state index is 0.118. The Kier molecular flexibility index (Phi) is 37.5. The molecule has 278 valence electrons. The van der Waals surface area contributed by atoms with Crippen molar-refractivity contribution in [1.29, 1.82) is 0 Å². The van der Waals surface area contributed by atoms with Crippen molar-refractivity contribution in [3.8, 4) is 0 Å². The molecule has 1 atom stereocenters. The third-order valence-electron chi connectivity index (χ3n) is 7.28. The molecule has 0 fully saturated rings. The zero-order valence-electron chi connectivity index (χ0n) is 29.6. The standard InChI is InChI=1S/C36H69NO10/c1-2-3-4-5-6-12-18-24-47-36(40)20-15-10-8-13-17-23-46-34(32-44-22-16-11-7-9-14-19-35(38)39)33-45-31-30-43-29-28-42-27-26-41-25-21-37/h12,18,34H,2-11,13-17,19-33,37H2,1H3,(H,38,39)/b18-12-. The number of hydrogen-bond acceptors (Lipinski definition) is 10. The van der Waals surface area contributed by atoms with E-state index >= 15 is 0 Å². The lowest BCUT2D eigenvalue weighted by Gasteiger charge is -2.18. The summed E-state index contributed by atoms with van der Waals surface area (Å²) in [6.45, 7) is 8.83. The van der Waals surface area contributed by atoms with Crippen LogP contribution in [-0.2, 0) is 42.7 Å². The molecule has 0 aromatic heterocycles. The number of carboxylic acid groups (broad SMARTS) is 1. The van der Waals surface area contributed by atoms with E-state index < -0.39 is 5.97 Å². The smallest absolute Gasteiger partial charge is 0.306 e. The number of nitrogens with two attached hydrogens (primary N) is 1. The van der Waals surface area contributed by atoms with Crippen LogP contribution in [0.4, 0.5) is 0 Å². The first-order chi connectivity index (χ1) is 23.1. The van der Waals surface area contributed by atoms with E-state index in [1.54, 1.807) is 0 Å². The Labute approximate surface area is 285 Å². The average molecular weight is 676 g/mol. The van der Waals surface area contributed by atoms with Crippen LogP contribution in [0, 0.1) is 0 Å². The Morgan fingerprint density at radius 2 is 1.13 bits per heavy atom. The van der Waals surface area contributed by atoms with Gasteiger partial charge in [-0.15, -0.1) is 0 Å². The molecule has 0 saturated heterocycles. The van der Waals surface area contributed by atoms with Gasteiger partial charge in [-0.3, -0.25) is 9.59 Å². The molecule has 0 aromatic carbocycles. The molecule has 0 heterocycles. The molecular formula is C36H69NO10. The molecule has 11 nitrogen and oxygen atoms in total. The highest BCUT2D eigenvalue weighted by molar-refractivity contribution is 5.69. The second-order valence-corrected chi connectivity index (χ2v) is 11.7. The van der Waals surface area contributed by atoms with E-state index in [1.165, 1.54) is 25.7 Å². The Morgan fingerprint density at radius 1 is 0.596 bits per heavy atom. The second kappa shape index (κ2) is 38.8. The SMILES string of the molecule is CCCCCC/C=C\COC(=O)CCCCCCCOC(COCCCCCCCC(=O)O)COCCOCCOCCOCCN. The Bertz CT molecular complexity index is 695. The van der Waals surface area contributed by atoms with Crippen molar-refractivity contribution in [3.05, 3.63) is 12.2 Å². The van der Waals surface area contributed by atoms with E-state index in [9.17, 15) is 9.59 Å². The van der Waals surface area contributed by atoms with Crippen molar-refractivity contribution in [3.63, 3.8) is 0 Å². The Morgan fingerprint density at radius 3 is 1.77 bits per heavy atom. The number of carbonyl (C=O) groups excluding carboxylic acids is 1. The first kappa shape index (κ1) is 45.4. The van der Waals surface area contributed by atoms with Crippen LogP contribution in [0.1, 0.15) is 116 Å². The number of rotatable bonds is 39. The predicted molar refractivity (Wildman–Crippen MR) is 185 cm³/mol. The third kappa shape index (κ3) is 38.7. The van der Waals surface area contributed by atoms with Crippen LogP contribution in [0.5, 0.6) is 0 Å². The summed E-state index contributed by atoms with van der Waals surface area (Å²) in [4.78, 5) is 22.5. The molecular weight excluding hydrogens is 606 g/mol. The van der Waals surface area contributed by atoms with E-state index in [0.717, 1.165) is 70.6 Å². The van der Waals surface area contributed by atoms with Gasteiger partial charge in [0.2, 0.25) is 0 Å². The summed E-state index contributed by atoms with van der Waals surface area (Å²) in [7, 11) is 0. The molecule has 47 heavy (non-hydrogen) atoms. The lowest BCUT2D eigenvalue weighted by molar-refractivity contribution is -0.142. The van der Waals surface area contributed by atoms with Crippen molar-refractivity contribution in [2.24, 2.45) is 5.73 Å². The number of carbonyl (C=O) groups is 2. The van der Waals surface area contributed by atoms with Crippen LogP contribution in [0.25, 0.3) is 0 Å². The van der Waals surface area contributed by atoms with Gasteiger partial charge >= 0.3 is 11.9 Å². The fraction of sp³-hybridized carbons (Fsp3) is 0.889. The van der Waals surface area contributed by atoms with Crippen LogP contribution in [0.2, 0.25) is 0 Å². The number of carboxylic acids is 1. The summed E-state index contributed by atoms with van der Waals surface area (Å²) in [6.07, 6.45) is 20.2. The first-order valence-corrected chi connectivity index (χ1v) is 18.3. The minimum Gasteiger partial charge on any atom is -0.481 e. The summed E-state index contributed by atoms with van der Waals surface area (Å²) >= 11 is 0. The maximum absolute atomic E-state index is 11.9. The monoisotopic (exact) mass is 675 g/mol. The summed E-state index contributed by atoms with van der Waals surface area (Å²) < 4.78 is 39.3. The number of unbranched alkanes of at least 4 members (excludes halogenated alkanes) is 12. The maximum atomic E-state index is 11.9. The number of esters is 1. The highest BCUT2D eigenvalue weighted by Crippen LogP contribution is 2.09. The van der Waals surface area contributed by atoms with Gasteiger partial charge in [0, 0.05) is 32.6 Å². The van der Waals surface area contributed by atoms with Crippen LogP contribution < -0.4 is 5.73 Å². The lowest BCUT2D eigenvalue weighted by Crippen LogP contribution is -2.27. The van der Waals surface area contributed by atoms with Crippen molar-refractivity contribution < 1.29 is 47.9 Å². The number of hydrogen-bond donors (Lipinski definition) is 2. The van der Waals surface area contributed by atoms with Gasteiger partial charge in [-0.05, 0) is 38.5 Å². The molecule has 0 aliphatic heterocycles. The normalized spacial score (nSPS) is 12.2. The summed E-state index contributed by atoms with van der Waals surface area (Å²) in [5, 5.41) is 8.73. The third-order valence-corrected chi connectivity index (χ3v) is 7.28. The number of ether oxygens (including phenoxy) is 7. The van der Waals surface area contributed by atoms with E-state index in [-0.39, 0.29) is 18.5 Å². The molecule has 0 bridgehead atoms. The van der Waals surface area contributed by atoms with Gasteiger partial charge in [-0.2, -0.15) is 0 Å². The van der Waals surface area contributed by atoms with Gasteiger partial charge in [0.1, 0.15) is 12.7 Å². The Balaban J connectivity index is 3.99. The zero-order chi connectivity index (χ0) is 34.3. The highest BCUT2D eigenvalue weighted by Gasteiger charge is 2.10. The van der Waals surface area contributed by atoms with Crippen LogP contribution >= 0.6 is 0 Å². The molecule has 0 amide bonds. The van der Waals surface area contributed by atoms with E-state index in [4.69, 9.17) is 44.0 Å². The Hall–Kier alpha value is -1.60. The molecule has 0 aliphatic carbocycles. The quantitative estimate of drug-likeness (QED) is 0.0433. The van der Waals surface area contributed by atoms with Gasteiger partial charge in [0.25, 0.3) is 0 Å². The molecule has 0 aliphatic rings. The molecule has 0 aromatic rings. The van der Waals surface area contributed by atoms with Gasteiger partial charge < -0.3 is 44.0 Å². The largest absolute Gasteiger partial charge is 0.481 e. The van der Waals surface area contributed by atoms with Crippen molar-refractivity contribution in [2.75, 3.05) is 85.8 Å². The van der Waals surface area contributed by atoms with Crippen molar-refractivity contribution >= 4 is 11.9 Å². The predicted octanol–water partition coefficient (Wildman–Crippen LogP) is 6.25. The molecule has 11 heteroatoms. The highest BCUT2D eigenvalue weighted by atomic mass is 16.6. The molecule has 0 saturated carbocycles. The maximum Gasteiger partial charge on any atom is 0.306 e. The van der Waals surface area contributed by atoms with Crippen LogP contribution in [0.15, 0.2) is 12.2 Å². The topological polar surface area (TPSA) is 145 Å². The zero-order valence-corrected chi connectivity index (χ0v) is 29.6. The average Bonchev–Trinajstić information content (AvgIpc) is 3.06. The number of aliphatic carboxylic acids is 1. The molecule has 0 radical (unpaired) electrons. The summed E-state index contributed by atoms with van der Waals surface area (Å²) in [6, 6.07) is 0. The summed E-state index contributed by atoms with van der Waals surface area (Å²) in [5.41, 5.74) is 5.37. The van der Waals surface area contributed by atoms with Crippen molar-refractivity contribution in [1.82, 2.24) is 0 Å². The first-order valence-electron chi connectivity index (χ1n) is 18.3. The van der Waals surface area contributed by atoms with Gasteiger partial charge in [-0.25, -0.2) is 0 Å². The fourth-order valence-corrected chi connectivity index (χ4v) is 4.57.